The van der Waals surface area contributed by atoms with Crippen LogP contribution < -0.4 is 0 Å². The van der Waals surface area contributed by atoms with E-state index in [2.05, 4.69) is 10.1 Å². The molecule has 1 aliphatic rings. The van der Waals surface area contributed by atoms with Crippen molar-refractivity contribution in [3.8, 4) is 0 Å². The Balaban J connectivity index is 2.07. The Kier molecular flexibility index (Phi) is 2.76. The average molecular weight is 200 g/mol. The lowest BCUT2D eigenvalue weighted by Crippen LogP contribution is -2.22. The van der Waals surface area contributed by atoms with Crippen LogP contribution in [0, 0.1) is 0 Å². The van der Waals surface area contributed by atoms with Crippen molar-refractivity contribution in [1.82, 2.24) is 10.1 Å². The number of hydrogen-bond donors (Lipinski definition) is 1. The van der Waals surface area contributed by atoms with Gasteiger partial charge in [0.05, 0.1) is 19.8 Å². The van der Waals surface area contributed by atoms with Gasteiger partial charge in [-0.1, -0.05) is 5.16 Å². The maximum atomic E-state index is 9.17. The maximum Gasteiger partial charge on any atom is 0.255 e. The minimum absolute atomic E-state index is 0.203. The number of hydrogen-bond acceptors (Lipinski definition) is 6. The fraction of sp³-hybridized carbons (Fsp3) is 0.750. The normalized spacial score (nSPS) is 24.9. The van der Waals surface area contributed by atoms with Crippen molar-refractivity contribution in [2.45, 2.75) is 19.1 Å². The molecular weight excluding hydrogens is 188 g/mol. The standard InChI is InChI=1S/C8H12N2O4/c1-5(11)8-9-7(10-14-8)6-4-12-2-3-13-6/h5-6,11H,2-4H2,1H3. The molecule has 0 saturated carbocycles. The molecule has 2 unspecified atom stereocenters. The van der Waals surface area contributed by atoms with Crippen molar-refractivity contribution in [2.75, 3.05) is 19.8 Å². The van der Waals surface area contributed by atoms with Crippen molar-refractivity contribution in [3.63, 3.8) is 0 Å². The van der Waals surface area contributed by atoms with E-state index in [1.54, 1.807) is 6.92 Å². The summed E-state index contributed by atoms with van der Waals surface area (Å²) in [6, 6.07) is 0. The summed E-state index contributed by atoms with van der Waals surface area (Å²) in [7, 11) is 0. The molecule has 2 atom stereocenters. The number of aromatic nitrogens is 2. The van der Waals surface area contributed by atoms with Crippen LogP contribution in [-0.2, 0) is 9.47 Å². The summed E-state index contributed by atoms with van der Waals surface area (Å²) in [5.41, 5.74) is 0. The van der Waals surface area contributed by atoms with Crippen LogP contribution in [0.3, 0.4) is 0 Å². The zero-order valence-electron chi connectivity index (χ0n) is 7.84. The van der Waals surface area contributed by atoms with Crippen LogP contribution in [0.4, 0.5) is 0 Å². The van der Waals surface area contributed by atoms with E-state index in [-0.39, 0.29) is 12.0 Å². The quantitative estimate of drug-likeness (QED) is 0.735. The van der Waals surface area contributed by atoms with Gasteiger partial charge in [0.25, 0.3) is 5.89 Å². The molecule has 0 bridgehead atoms. The van der Waals surface area contributed by atoms with Gasteiger partial charge >= 0.3 is 0 Å². The van der Waals surface area contributed by atoms with Crippen molar-refractivity contribution < 1.29 is 19.1 Å². The van der Waals surface area contributed by atoms with E-state index in [0.29, 0.717) is 25.6 Å². The Morgan fingerprint density at radius 2 is 2.36 bits per heavy atom. The van der Waals surface area contributed by atoms with Crippen molar-refractivity contribution >= 4 is 0 Å². The Hall–Kier alpha value is -0.980. The summed E-state index contributed by atoms with van der Waals surface area (Å²) in [5, 5.41) is 12.9. The topological polar surface area (TPSA) is 77.6 Å². The Bertz CT molecular complexity index is 293. The lowest BCUT2D eigenvalue weighted by Gasteiger charge is -2.19. The molecule has 6 heteroatoms. The number of nitrogens with zero attached hydrogens (tertiary/aromatic N) is 2. The molecule has 0 spiro atoms. The van der Waals surface area contributed by atoms with E-state index in [1.807, 2.05) is 0 Å². The lowest BCUT2D eigenvalue weighted by atomic mass is 10.3. The van der Waals surface area contributed by atoms with Crippen molar-refractivity contribution in [2.24, 2.45) is 0 Å². The fourth-order valence-electron chi connectivity index (χ4n) is 1.18. The highest BCUT2D eigenvalue weighted by Crippen LogP contribution is 2.19. The fourth-order valence-corrected chi connectivity index (χ4v) is 1.18. The van der Waals surface area contributed by atoms with E-state index >= 15 is 0 Å². The first kappa shape index (κ1) is 9.57. The molecule has 1 N–H and O–H groups in total. The first-order valence-corrected chi connectivity index (χ1v) is 4.48. The highest BCUT2D eigenvalue weighted by Gasteiger charge is 2.23. The third-order valence-corrected chi connectivity index (χ3v) is 1.92. The van der Waals surface area contributed by atoms with E-state index in [4.69, 9.17) is 19.1 Å². The molecule has 1 aromatic rings. The maximum absolute atomic E-state index is 9.17. The van der Waals surface area contributed by atoms with Crippen LogP contribution in [0.15, 0.2) is 4.52 Å². The summed E-state index contributed by atoms with van der Waals surface area (Å²) in [5.74, 6) is 0.634. The highest BCUT2D eigenvalue weighted by atomic mass is 16.6. The SMILES string of the molecule is CC(O)c1nc(C2COCCO2)no1. The second-order valence-corrected chi connectivity index (χ2v) is 3.10. The smallest absolute Gasteiger partial charge is 0.255 e. The molecule has 2 heterocycles. The van der Waals surface area contributed by atoms with Gasteiger partial charge in [0.2, 0.25) is 5.82 Å². The molecule has 14 heavy (non-hydrogen) atoms. The third kappa shape index (κ3) is 1.92. The Morgan fingerprint density at radius 1 is 1.50 bits per heavy atom. The lowest BCUT2D eigenvalue weighted by molar-refractivity contribution is -0.0941. The second-order valence-electron chi connectivity index (χ2n) is 3.10. The zero-order chi connectivity index (χ0) is 9.97. The van der Waals surface area contributed by atoms with Gasteiger partial charge < -0.3 is 19.1 Å². The van der Waals surface area contributed by atoms with Crippen molar-refractivity contribution in [1.29, 1.82) is 0 Å². The number of ether oxygens (including phenoxy) is 2. The largest absolute Gasteiger partial charge is 0.384 e. The van der Waals surface area contributed by atoms with E-state index in [1.165, 1.54) is 0 Å². The monoisotopic (exact) mass is 200 g/mol. The number of rotatable bonds is 2. The van der Waals surface area contributed by atoms with Crippen LogP contribution in [0.2, 0.25) is 0 Å². The predicted octanol–water partition coefficient (Wildman–Crippen LogP) is 0.211. The molecular formula is C8H12N2O4. The molecule has 1 aromatic heterocycles. The summed E-state index contributed by atoms with van der Waals surface area (Å²) < 4.78 is 15.4. The molecule has 1 fully saturated rings. The highest BCUT2D eigenvalue weighted by molar-refractivity contribution is 4.93. The Morgan fingerprint density at radius 3 is 2.93 bits per heavy atom. The summed E-state index contributed by atoms with van der Waals surface area (Å²) >= 11 is 0. The number of aliphatic hydroxyl groups is 1. The molecule has 0 amide bonds. The minimum atomic E-state index is -0.749. The van der Waals surface area contributed by atoms with Crippen LogP contribution in [0.5, 0.6) is 0 Å². The van der Waals surface area contributed by atoms with Gasteiger partial charge in [0.1, 0.15) is 12.2 Å². The molecule has 0 aromatic carbocycles. The molecule has 78 valence electrons. The van der Waals surface area contributed by atoms with Crippen LogP contribution in [0.25, 0.3) is 0 Å². The van der Waals surface area contributed by atoms with E-state index < -0.39 is 6.10 Å². The molecule has 1 saturated heterocycles. The van der Waals surface area contributed by atoms with Crippen molar-refractivity contribution in [3.05, 3.63) is 11.7 Å². The summed E-state index contributed by atoms with van der Waals surface area (Å²) in [6.07, 6.45) is -1.03. The van der Waals surface area contributed by atoms with Gasteiger partial charge in [-0.05, 0) is 6.92 Å². The van der Waals surface area contributed by atoms with Gasteiger partial charge in [-0.3, -0.25) is 0 Å². The number of aliphatic hydroxyl groups excluding tert-OH is 1. The first-order chi connectivity index (χ1) is 6.77. The molecule has 6 nitrogen and oxygen atoms in total. The second kappa shape index (κ2) is 4.04. The molecule has 2 rings (SSSR count). The molecule has 0 radical (unpaired) electrons. The van der Waals surface area contributed by atoms with Crippen LogP contribution in [-0.4, -0.2) is 35.1 Å². The molecule has 0 aliphatic carbocycles. The summed E-state index contributed by atoms with van der Waals surface area (Å²) in [4.78, 5) is 4.00. The third-order valence-electron chi connectivity index (χ3n) is 1.92. The van der Waals surface area contributed by atoms with Crippen LogP contribution >= 0.6 is 0 Å². The zero-order valence-corrected chi connectivity index (χ0v) is 7.84. The molecule has 1 aliphatic heterocycles. The average Bonchev–Trinajstić information content (AvgIpc) is 2.68. The van der Waals surface area contributed by atoms with Gasteiger partial charge in [0, 0.05) is 0 Å². The predicted molar refractivity (Wildman–Crippen MR) is 44.4 cm³/mol. The van der Waals surface area contributed by atoms with E-state index in [0.717, 1.165) is 0 Å². The minimum Gasteiger partial charge on any atom is -0.384 e. The van der Waals surface area contributed by atoms with Gasteiger partial charge in [-0.2, -0.15) is 4.98 Å². The summed E-state index contributed by atoms with van der Waals surface area (Å²) in [6.45, 7) is 3.12. The van der Waals surface area contributed by atoms with Gasteiger partial charge in [-0.15, -0.1) is 0 Å². The van der Waals surface area contributed by atoms with Gasteiger partial charge in [-0.25, -0.2) is 0 Å². The van der Waals surface area contributed by atoms with Gasteiger partial charge in [0.15, 0.2) is 0 Å². The Labute approximate surface area is 80.8 Å². The van der Waals surface area contributed by atoms with Crippen LogP contribution in [0.1, 0.15) is 30.8 Å². The van der Waals surface area contributed by atoms with E-state index in [9.17, 15) is 0 Å². The first-order valence-electron chi connectivity index (χ1n) is 4.48.